The number of hydrogen-bond donors (Lipinski definition) is 1. The van der Waals surface area contributed by atoms with Gasteiger partial charge in [-0.25, -0.2) is 0 Å². The molecule has 1 aliphatic carbocycles. The molecule has 0 spiro atoms. The average Bonchev–Trinajstić information content (AvgIpc) is 2.52. The van der Waals surface area contributed by atoms with Crippen molar-refractivity contribution < 1.29 is 14.3 Å². The summed E-state index contributed by atoms with van der Waals surface area (Å²) in [5, 5.41) is 3.44. The van der Waals surface area contributed by atoms with Gasteiger partial charge in [0.2, 0.25) is 0 Å². The van der Waals surface area contributed by atoms with Crippen molar-refractivity contribution in [3.05, 3.63) is 35.7 Å². The fourth-order valence-corrected chi connectivity index (χ4v) is 2.85. The monoisotopic (exact) mass is 330 g/mol. The van der Waals surface area contributed by atoms with Crippen LogP contribution in [0.25, 0.3) is 0 Å². The first-order chi connectivity index (χ1) is 11.3. The van der Waals surface area contributed by atoms with Gasteiger partial charge in [-0.1, -0.05) is 13.8 Å². The van der Waals surface area contributed by atoms with Crippen LogP contribution in [0.3, 0.4) is 0 Å². The predicted octanol–water partition coefficient (Wildman–Crippen LogP) is 3.82. The van der Waals surface area contributed by atoms with Gasteiger partial charge in [0.15, 0.2) is 11.5 Å². The Balaban J connectivity index is 2.33. The minimum absolute atomic E-state index is 0.0472. The third-order valence-electron chi connectivity index (χ3n) is 3.92. The normalized spacial score (nSPS) is 18.5. The van der Waals surface area contributed by atoms with E-state index in [9.17, 15) is 4.79 Å². The van der Waals surface area contributed by atoms with Gasteiger partial charge in [-0.15, -0.1) is 0 Å². The molecule has 1 N–H and O–H groups in total. The van der Waals surface area contributed by atoms with Crippen molar-refractivity contribution in [2.45, 2.75) is 33.6 Å². The Morgan fingerprint density at radius 3 is 2.38 bits per heavy atom. The Labute approximate surface area is 143 Å². The topological polar surface area (TPSA) is 59.9 Å². The van der Waals surface area contributed by atoms with Crippen LogP contribution in [0.5, 0.6) is 5.75 Å². The van der Waals surface area contributed by atoms with Gasteiger partial charge in [-0.3, -0.25) is 9.79 Å². The minimum atomic E-state index is 0.0472. The van der Waals surface area contributed by atoms with Gasteiger partial charge in [0.1, 0.15) is 5.75 Å². The number of nitrogens with one attached hydrogen (secondary N) is 1. The molecule has 0 unspecified atom stereocenters. The summed E-state index contributed by atoms with van der Waals surface area (Å²) in [6, 6.07) is 7.75. The maximum atomic E-state index is 11.3. The van der Waals surface area contributed by atoms with E-state index in [4.69, 9.17) is 9.47 Å². The van der Waals surface area contributed by atoms with Gasteiger partial charge < -0.3 is 14.8 Å². The van der Waals surface area contributed by atoms with Crippen molar-refractivity contribution in [2.75, 3.05) is 26.1 Å². The molecule has 5 heteroatoms. The quantitative estimate of drug-likeness (QED) is 0.861. The van der Waals surface area contributed by atoms with Crippen LogP contribution in [0.1, 0.15) is 33.6 Å². The van der Waals surface area contributed by atoms with Crippen LogP contribution in [0.4, 0.5) is 5.69 Å². The molecule has 130 valence electrons. The number of allylic oxidation sites excluding steroid dienone is 2. The SMILES string of the molecule is COC1=C(Nc2ccc(OC)cc2)CC(C)(C)CC1=NCC(C)=O. The van der Waals surface area contributed by atoms with Crippen LogP contribution >= 0.6 is 0 Å². The average molecular weight is 330 g/mol. The van der Waals surface area contributed by atoms with Crippen LogP contribution in [0.2, 0.25) is 0 Å². The number of Topliss-reactive ketones (excluding diaryl/α,β-unsaturated/α-hetero) is 1. The highest BCUT2D eigenvalue weighted by Crippen LogP contribution is 2.38. The zero-order valence-corrected chi connectivity index (χ0v) is 15.1. The molecule has 0 saturated carbocycles. The molecule has 0 aliphatic heterocycles. The third kappa shape index (κ3) is 4.60. The highest BCUT2D eigenvalue weighted by Gasteiger charge is 2.32. The second-order valence-corrected chi connectivity index (χ2v) is 6.85. The fraction of sp³-hybridized carbons (Fsp3) is 0.474. The summed E-state index contributed by atoms with van der Waals surface area (Å²) in [7, 11) is 3.29. The molecule has 2 rings (SSSR count). The molecule has 0 bridgehead atoms. The van der Waals surface area contributed by atoms with E-state index in [1.165, 1.54) is 0 Å². The highest BCUT2D eigenvalue weighted by molar-refractivity contribution is 6.01. The smallest absolute Gasteiger partial charge is 0.159 e. The summed E-state index contributed by atoms with van der Waals surface area (Å²) in [6.07, 6.45) is 1.64. The van der Waals surface area contributed by atoms with Crippen LogP contribution in [0, 0.1) is 5.41 Å². The van der Waals surface area contributed by atoms with Gasteiger partial charge in [0, 0.05) is 5.69 Å². The third-order valence-corrected chi connectivity index (χ3v) is 3.92. The van der Waals surface area contributed by atoms with Crippen molar-refractivity contribution in [1.29, 1.82) is 0 Å². The molecule has 0 radical (unpaired) electrons. The summed E-state index contributed by atoms with van der Waals surface area (Å²) < 4.78 is 10.8. The Morgan fingerprint density at radius 2 is 1.83 bits per heavy atom. The van der Waals surface area contributed by atoms with Crippen molar-refractivity contribution in [1.82, 2.24) is 0 Å². The largest absolute Gasteiger partial charge is 0.497 e. The minimum Gasteiger partial charge on any atom is -0.497 e. The van der Waals surface area contributed by atoms with Crippen molar-refractivity contribution in [3.8, 4) is 5.75 Å². The Hall–Kier alpha value is -2.30. The van der Waals surface area contributed by atoms with E-state index in [0.717, 1.165) is 41.4 Å². The molecule has 0 saturated heterocycles. The number of carbonyl (C=O) groups is 1. The first-order valence-electron chi connectivity index (χ1n) is 8.06. The summed E-state index contributed by atoms with van der Waals surface area (Å²) in [6.45, 7) is 6.12. The Kier molecular flexibility index (Phi) is 5.65. The molecule has 1 aromatic rings. The lowest BCUT2D eigenvalue weighted by atomic mass is 9.77. The van der Waals surface area contributed by atoms with Crippen molar-refractivity contribution in [2.24, 2.45) is 10.4 Å². The predicted molar refractivity (Wildman–Crippen MR) is 96.6 cm³/mol. The van der Waals surface area contributed by atoms with Gasteiger partial charge in [-0.2, -0.15) is 0 Å². The second kappa shape index (κ2) is 7.51. The maximum absolute atomic E-state index is 11.3. The standard InChI is InChI=1S/C19H26N2O3/c1-13(22)12-20-16-10-19(2,3)11-17(18(16)24-5)21-14-6-8-15(23-4)9-7-14/h6-9,21H,10-12H2,1-5H3. The van der Waals surface area contributed by atoms with Gasteiger partial charge >= 0.3 is 0 Å². The molecular formula is C19H26N2O3. The maximum Gasteiger partial charge on any atom is 0.159 e. The lowest BCUT2D eigenvalue weighted by Gasteiger charge is -2.33. The van der Waals surface area contributed by atoms with Crippen molar-refractivity contribution in [3.63, 3.8) is 0 Å². The lowest BCUT2D eigenvalue weighted by molar-refractivity contribution is -0.115. The second-order valence-electron chi connectivity index (χ2n) is 6.85. The number of hydrogen-bond acceptors (Lipinski definition) is 5. The van der Waals surface area contributed by atoms with Crippen molar-refractivity contribution >= 4 is 17.2 Å². The number of anilines is 1. The lowest BCUT2D eigenvalue weighted by Crippen LogP contribution is -2.29. The van der Waals surface area contributed by atoms with Crippen LogP contribution < -0.4 is 10.1 Å². The Bertz CT molecular complexity index is 658. The zero-order valence-electron chi connectivity index (χ0n) is 15.1. The van der Waals surface area contributed by atoms with E-state index in [2.05, 4.69) is 24.2 Å². The van der Waals surface area contributed by atoms with Crippen LogP contribution in [-0.2, 0) is 9.53 Å². The molecule has 1 aromatic carbocycles. The molecule has 0 heterocycles. The van der Waals surface area contributed by atoms with E-state index in [1.54, 1.807) is 21.1 Å². The van der Waals surface area contributed by atoms with Gasteiger partial charge in [0.05, 0.1) is 32.2 Å². The van der Waals surface area contributed by atoms with E-state index in [1.807, 2.05) is 24.3 Å². The molecular weight excluding hydrogens is 304 g/mol. The molecule has 5 nitrogen and oxygen atoms in total. The zero-order chi connectivity index (χ0) is 17.7. The molecule has 24 heavy (non-hydrogen) atoms. The number of ether oxygens (including phenoxy) is 2. The number of aliphatic imine (C=N–C) groups is 1. The summed E-state index contributed by atoms with van der Waals surface area (Å²) >= 11 is 0. The molecule has 0 amide bonds. The first kappa shape index (κ1) is 18.0. The van der Waals surface area contributed by atoms with Crippen LogP contribution in [-0.4, -0.2) is 32.3 Å². The highest BCUT2D eigenvalue weighted by atomic mass is 16.5. The molecule has 1 aliphatic rings. The number of methoxy groups -OCH3 is 2. The molecule has 0 atom stereocenters. The first-order valence-corrected chi connectivity index (χ1v) is 8.06. The van der Waals surface area contributed by atoms with E-state index in [-0.39, 0.29) is 17.7 Å². The number of ketones is 1. The van der Waals surface area contributed by atoms with Gasteiger partial charge in [-0.05, 0) is 49.4 Å². The van der Waals surface area contributed by atoms with Crippen LogP contribution in [0.15, 0.2) is 40.7 Å². The summed E-state index contributed by atoms with van der Waals surface area (Å²) in [4.78, 5) is 15.8. The summed E-state index contributed by atoms with van der Waals surface area (Å²) in [5.74, 6) is 1.60. The molecule has 0 fully saturated rings. The number of carbonyl (C=O) groups excluding carboxylic acids is 1. The van der Waals surface area contributed by atoms with E-state index >= 15 is 0 Å². The fourth-order valence-electron chi connectivity index (χ4n) is 2.85. The number of rotatable bonds is 6. The van der Waals surface area contributed by atoms with E-state index < -0.39 is 0 Å². The number of benzene rings is 1. The number of nitrogens with zero attached hydrogens (tertiary/aromatic N) is 1. The summed E-state index contributed by atoms with van der Waals surface area (Å²) in [5.41, 5.74) is 2.84. The van der Waals surface area contributed by atoms with E-state index in [0.29, 0.717) is 0 Å². The molecule has 0 aromatic heterocycles. The Morgan fingerprint density at radius 1 is 1.17 bits per heavy atom. The van der Waals surface area contributed by atoms with Gasteiger partial charge in [0.25, 0.3) is 0 Å².